The Balaban J connectivity index is 0.00000432. The van der Waals surface area contributed by atoms with E-state index in [-0.39, 0.29) is 22.9 Å². The van der Waals surface area contributed by atoms with Crippen LogP contribution in [0, 0.1) is 6.92 Å². The molecule has 2 aliphatic rings. The Bertz CT molecular complexity index is 1860. The molecule has 0 aliphatic carbocycles. The van der Waals surface area contributed by atoms with Crippen molar-refractivity contribution >= 4 is 22.9 Å². The SMILES string of the molecule is Cc1ccc(-n2cnnn2)cc1C(=O)N1CCC(CCN2CCCN(c3nc4ccccc4n3CCOC(C)C)CC2)(c2ccccc2)C1.O. The molecule has 2 saturated heterocycles. The molecular weight excluding hydrogens is 630 g/mol. The van der Waals surface area contributed by atoms with Crippen LogP contribution in [0.1, 0.15) is 54.6 Å². The van der Waals surface area contributed by atoms with E-state index in [1.54, 1.807) is 11.0 Å². The molecule has 1 unspecified atom stereocenters. The predicted octanol–water partition coefficient (Wildman–Crippen LogP) is 4.31. The zero-order valence-corrected chi connectivity index (χ0v) is 29.4. The van der Waals surface area contributed by atoms with E-state index in [0.29, 0.717) is 18.7 Å². The zero-order chi connectivity index (χ0) is 33.8. The van der Waals surface area contributed by atoms with Gasteiger partial charge in [-0.3, -0.25) is 4.79 Å². The number of rotatable bonds is 11. The summed E-state index contributed by atoms with van der Waals surface area (Å²) in [6, 6.07) is 25.1. The second-order valence-corrected chi connectivity index (χ2v) is 13.8. The molecule has 12 nitrogen and oxygen atoms in total. The van der Waals surface area contributed by atoms with Crippen molar-refractivity contribution < 1.29 is 15.0 Å². The van der Waals surface area contributed by atoms with Crippen LogP contribution in [0.2, 0.25) is 0 Å². The Morgan fingerprint density at radius 3 is 2.56 bits per heavy atom. The number of carbonyl (C=O) groups excluding carboxylic acids is 1. The third-order valence-corrected chi connectivity index (χ3v) is 10.3. The molecule has 12 heteroatoms. The molecular formula is C38H49N9O3. The molecule has 0 bridgehead atoms. The molecule has 0 saturated carbocycles. The highest BCUT2D eigenvalue weighted by Crippen LogP contribution is 2.39. The van der Waals surface area contributed by atoms with Crippen LogP contribution in [0.25, 0.3) is 16.7 Å². The first-order valence-corrected chi connectivity index (χ1v) is 17.6. The molecule has 2 aromatic heterocycles. The lowest BCUT2D eigenvalue weighted by Crippen LogP contribution is -2.39. The number of nitrogens with zero attached hydrogens (tertiary/aromatic N) is 9. The normalized spacial score (nSPS) is 18.5. The highest BCUT2D eigenvalue weighted by molar-refractivity contribution is 5.96. The molecule has 2 aliphatic heterocycles. The van der Waals surface area contributed by atoms with Gasteiger partial charge in [0.2, 0.25) is 5.95 Å². The third kappa shape index (κ3) is 7.42. The quantitative estimate of drug-likeness (QED) is 0.202. The number of ether oxygens (including phenoxy) is 1. The molecule has 1 atom stereocenters. The second kappa shape index (κ2) is 15.5. The van der Waals surface area contributed by atoms with Crippen LogP contribution in [0.15, 0.2) is 79.1 Å². The summed E-state index contributed by atoms with van der Waals surface area (Å²) in [5.41, 5.74) is 5.84. The van der Waals surface area contributed by atoms with Crippen LogP contribution in [0.5, 0.6) is 0 Å². The largest absolute Gasteiger partial charge is 0.412 e. The first-order chi connectivity index (χ1) is 23.9. The number of benzene rings is 3. The van der Waals surface area contributed by atoms with Gasteiger partial charge in [0.15, 0.2) is 0 Å². The van der Waals surface area contributed by atoms with Crippen LogP contribution in [0.3, 0.4) is 0 Å². The number of imidazole rings is 1. The Kier molecular flexibility index (Phi) is 10.9. The minimum absolute atomic E-state index is 0. The van der Waals surface area contributed by atoms with Gasteiger partial charge >= 0.3 is 0 Å². The molecule has 3 aromatic carbocycles. The van der Waals surface area contributed by atoms with E-state index >= 15 is 0 Å². The number of amides is 1. The third-order valence-electron chi connectivity index (χ3n) is 10.3. The summed E-state index contributed by atoms with van der Waals surface area (Å²) in [6.45, 7) is 13.9. The van der Waals surface area contributed by atoms with E-state index in [9.17, 15) is 4.79 Å². The average molecular weight is 680 g/mol. The minimum atomic E-state index is -0.103. The van der Waals surface area contributed by atoms with Gasteiger partial charge in [0.25, 0.3) is 5.91 Å². The first-order valence-electron chi connectivity index (χ1n) is 17.6. The summed E-state index contributed by atoms with van der Waals surface area (Å²) in [4.78, 5) is 26.3. The van der Waals surface area contributed by atoms with E-state index in [1.807, 2.05) is 25.1 Å². The van der Waals surface area contributed by atoms with Crippen molar-refractivity contribution in [2.24, 2.45) is 0 Å². The number of hydrogen-bond donors (Lipinski definition) is 0. The maximum atomic E-state index is 14.1. The van der Waals surface area contributed by atoms with Crippen molar-refractivity contribution in [3.05, 3.63) is 95.8 Å². The van der Waals surface area contributed by atoms with Gasteiger partial charge < -0.3 is 29.5 Å². The summed E-state index contributed by atoms with van der Waals surface area (Å²) < 4.78 is 9.87. The fourth-order valence-corrected chi connectivity index (χ4v) is 7.53. The smallest absolute Gasteiger partial charge is 0.254 e. The summed E-state index contributed by atoms with van der Waals surface area (Å²) in [6.07, 6.45) is 4.77. The number of aryl methyl sites for hydroxylation is 1. The molecule has 2 fully saturated rings. The van der Waals surface area contributed by atoms with Crippen molar-refractivity contribution in [3.8, 4) is 5.69 Å². The van der Waals surface area contributed by atoms with Gasteiger partial charge in [0.05, 0.1) is 29.4 Å². The average Bonchev–Trinajstić information content (AvgIpc) is 3.85. The molecule has 50 heavy (non-hydrogen) atoms. The Morgan fingerprint density at radius 2 is 1.76 bits per heavy atom. The standard InChI is InChI=1S/C38H47N9O2.H2O/c1-29(2)49-25-24-46-35-13-8-7-12-34(35)40-37(46)44-19-9-18-43(22-23-44)20-16-38(31-10-5-4-6-11-31)17-21-45(27-38)36(48)33-26-32(15-14-30(33)3)47-28-39-41-42-47;/h4-8,10-15,26,28-29H,9,16-25,27H2,1-3H3;1H2. The van der Waals surface area contributed by atoms with Crippen molar-refractivity contribution in [2.45, 2.75) is 58.1 Å². The van der Waals surface area contributed by atoms with E-state index < -0.39 is 0 Å². The molecule has 0 radical (unpaired) electrons. The maximum absolute atomic E-state index is 14.1. The molecule has 5 aromatic rings. The Hall–Kier alpha value is -4.65. The van der Waals surface area contributed by atoms with Gasteiger partial charge in [-0.15, -0.1) is 5.10 Å². The van der Waals surface area contributed by atoms with Crippen LogP contribution >= 0.6 is 0 Å². The molecule has 264 valence electrons. The molecule has 2 N–H and O–H groups in total. The molecule has 1 amide bonds. The lowest BCUT2D eigenvalue weighted by molar-refractivity contribution is 0.0734. The lowest BCUT2D eigenvalue weighted by atomic mass is 9.76. The number of anilines is 1. The first kappa shape index (κ1) is 35.2. The predicted molar refractivity (Wildman–Crippen MR) is 195 cm³/mol. The number of tetrazole rings is 1. The highest BCUT2D eigenvalue weighted by Gasteiger charge is 2.42. The van der Waals surface area contributed by atoms with Crippen molar-refractivity contribution in [1.82, 2.24) is 39.6 Å². The number of aromatic nitrogens is 6. The van der Waals surface area contributed by atoms with Crippen LogP contribution in [-0.4, -0.2) is 109 Å². The summed E-state index contributed by atoms with van der Waals surface area (Å²) in [5, 5.41) is 11.5. The van der Waals surface area contributed by atoms with E-state index in [1.165, 1.54) is 5.56 Å². The van der Waals surface area contributed by atoms with Crippen molar-refractivity contribution in [3.63, 3.8) is 0 Å². The van der Waals surface area contributed by atoms with Gasteiger partial charge in [-0.05, 0) is 98.9 Å². The van der Waals surface area contributed by atoms with Crippen molar-refractivity contribution in [1.29, 1.82) is 0 Å². The summed E-state index contributed by atoms with van der Waals surface area (Å²) in [7, 11) is 0. The number of para-hydroxylation sites is 2. The molecule has 7 rings (SSSR count). The van der Waals surface area contributed by atoms with Gasteiger partial charge in [0.1, 0.15) is 6.33 Å². The number of likely N-dealkylation sites (tertiary alicyclic amines) is 1. The van der Waals surface area contributed by atoms with Gasteiger partial charge in [-0.2, -0.15) is 0 Å². The maximum Gasteiger partial charge on any atom is 0.254 e. The lowest BCUT2D eigenvalue weighted by Gasteiger charge is -2.33. The van der Waals surface area contributed by atoms with Crippen LogP contribution in [0.4, 0.5) is 5.95 Å². The fourth-order valence-electron chi connectivity index (χ4n) is 7.53. The fraction of sp³-hybridized carbons (Fsp3) is 0.447. The Morgan fingerprint density at radius 1 is 0.940 bits per heavy atom. The van der Waals surface area contributed by atoms with Crippen LogP contribution < -0.4 is 4.90 Å². The highest BCUT2D eigenvalue weighted by atomic mass is 16.5. The molecule has 4 heterocycles. The van der Waals surface area contributed by atoms with Gasteiger partial charge in [-0.1, -0.05) is 48.5 Å². The zero-order valence-electron chi connectivity index (χ0n) is 29.4. The number of hydrogen-bond acceptors (Lipinski definition) is 8. The Labute approximate surface area is 293 Å². The van der Waals surface area contributed by atoms with E-state index in [4.69, 9.17) is 9.72 Å². The van der Waals surface area contributed by atoms with Gasteiger partial charge in [-0.25, -0.2) is 9.67 Å². The second-order valence-electron chi connectivity index (χ2n) is 13.8. The van der Waals surface area contributed by atoms with Crippen molar-refractivity contribution in [2.75, 3.05) is 57.3 Å². The monoisotopic (exact) mass is 679 g/mol. The number of carbonyl (C=O) groups is 1. The van der Waals surface area contributed by atoms with E-state index in [0.717, 1.165) is 93.3 Å². The van der Waals surface area contributed by atoms with Crippen LogP contribution in [-0.2, 0) is 16.7 Å². The minimum Gasteiger partial charge on any atom is -0.412 e. The summed E-state index contributed by atoms with van der Waals surface area (Å²) >= 11 is 0. The summed E-state index contributed by atoms with van der Waals surface area (Å²) in [5.74, 6) is 1.11. The topological polar surface area (TPSA) is 129 Å². The number of fused-ring (bicyclic) bond motifs is 1. The van der Waals surface area contributed by atoms with Gasteiger partial charge in [0, 0.05) is 50.2 Å². The van der Waals surface area contributed by atoms with E-state index in [2.05, 4.69) is 103 Å². The molecule has 0 spiro atoms.